The topological polar surface area (TPSA) is 39.2 Å². The summed E-state index contributed by atoms with van der Waals surface area (Å²) in [7, 11) is 0. The van der Waals surface area contributed by atoms with Crippen LogP contribution in [0, 0.1) is 0 Å². The van der Waals surface area contributed by atoms with Crippen LogP contribution in [0.2, 0.25) is 0 Å². The zero-order valence-corrected chi connectivity index (χ0v) is 15.0. The number of ketones is 1. The fourth-order valence-corrected chi connectivity index (χ4v) is 2.73. The maximum atomic E-state index is 11.7. The van der Waals surface area contributed by atoms with Gasteiger partial charge in [0.1, 0.15) is 12.4 Å². The first-order chi connectivity index (χ1) is 13.3. The molecule has 3 nitrogen and oxygen atoms in total. The van der Waals surface area contributed by atoms with Gasteiger partial charge in [-0.3, -0.25) is 9.78 Å². The van der Waals surface area contributed by atoms with Crippen LogP contribution in [-0.4, -0.2) is 17.4 Å². The molecule has 0 amide bonds. The molecule has 0 aliphatic carbocycles. The Hall–Kier alpha value is -3.46. The lowest BCUT2D eigenvalue weighted by Gasteiger charge is -2.09. The van der Waals surface area contributed by atoms with E-state index in [9.17, 15) is 4.79 Å². The van der Waals surface area contributed by atoms with Gasteiger partial charge in [-0.1, -0.05) is 55.1 Å². The second kappa shape index (κ2) is 9.30. The minimum absolute atomic E-state index is 0.0191. The first kappa shape index (κ1) is 18.3. The number of nitrogens with zero attached hydrogens (tertiary/aromatic N) is 1. The highest BCUT2D eigenvalue weighted by Gasteiger charge is 2.08. The van der Waals surface area contributed by atoms with Crippen molar-refractivity contribution in [2.45, 2.75) is 6.42 Å². The average Bonchev–Trinajstić information content (AvgIpc) is 2.73. The van der Waals surface area contributed by atoms with Crippen LogP contribution in [0.25, 0.3) is 17.2 Å². The summed E-state index contributed by atoms with van der Waals surface area (Å²) >= 11 is 0. The maximum Gasteiger partial charge on any atom is 0.159 e. The minimum Gasteiger partial charge on any atom is -0.490 e. The number of benzene rings is 2. The predicted octanol–water partition coefficient (Wildman–Crippen LogP) is 5.14. The Balaban J connectivity index is 1.65. The molecule has 0 saturated carbocycles. The third kappa shape index (κ3) is 5.25. The molecule has 0 saturated heterocycles. The van der Waals surface area contributed by atoms with Gasteiger partial charge in [0.25, 0.3) is 0 Å². The molecule has 0 atom stereocenters. The quantitative estimate of drug-likeness (QED) is 0.525. The standard InChI is InChI=1S/C24H21NO2/c1-2-22(26)17-21-18-25-15-14-24(21)20-10-12-23(13-11-20)27-16-6-9-19-7-4-3-5-8-19/h2-15,18H,1,16-17H2. The predicted molar refractivity (Wildman–Crippen MR) is 110 cm³/mol. The van der Waals surface area contributed by atoms with Gasteiger partial charge in [0, 0.05) is 18.8 Å². The highest BCUT2D eigenvalue weighted by atomic mass is 16.5. The molecule has 0 aliphatic rings. The van der Waals surface area contributed by atoms with E-state index in [2.05, 4.69) is 23.7 Å². The van der Waals surface area contributed by atoms with E-state index in [1.807, 2.05) is 60.7 Å². The van der Waals surface area contributed by atoms with Crippen molar-refractivity contribution in [1.82, 2.24) is 4.98 Å². The van der Waals surface area contributed by atoms with Gasteiger partial charge in [-0.2, -0.15) is 0 Å². The molecule has 1 heterocycles. The van der Waals surface area contributed by atoms with E-state index in [0.717, 1.165) is 28.0 Å². The number of aromatic nitrogens is 1. The van der Waals surface area contributed by atoms with E-state index in [1.165, 1.54) is 6.08 Å². The van der Waals surface area contributed by atoms with Gasteiger partial charge in [-0.25, -0.2) is 0 Å². The normalized spacial score (nSPS) is 10.7. The largest absolute Gasteiger partial charge is 0.490 e. The third-order valence-electron chi connectivity index (χ3n) is 4.12. The number of pyridine rings is 1. The summed E-state index contributed by atoms with van der Waals surface area (Å²) in [5.74, 6) is 0.781. The summed E-state index contributed by atoms with van der Waals surface area (Å²) < 4.78 is 5.76. The highest BCUT2D eigenvalue weighted by molar-refractivity contribution is 5.92. The minimum atomic E-state index is -0.0191. The van der Waals surface area contributed by atoms with Gasteiger partial charge in [-0.05, 0) is 52.6 Å². The van der Waals surface area contributed by atoms with Crippen molar-refractivity contribution < 1.29 is 9.53 Å². The van der Waals surface area contributed by atoms with Gasteiger partial charge >= 0.3 is 0 Å². The summed E-state index contributed by atoms with van der Waals surface area (Å²) in [6, 6.07) is 19.9. The Kier molecular flexibility index (Phi) is 6.31. The Morgan fingerprint density at radius 2 is 1.81 bits per heavy atom. The SMILES string of the molecule is C=CC(=O)Cc1cnccc1-c1ccc(OCC=Cc2ccccc2)cc1. The van der Waals surface area contributed by atoms with Crippen LogP contribution in [0.1, 0.15) is 11.1 Å². The molecule has 0 bridgehead atoms. The highest BCUT2D eigenvalue weighted by Crippen LogP contribution is 2.25. The molecule has 0 aliphatic heterocycles. The fraction of sp³-hybridized carbons (Fsp3) is 0.0833. The van der Waals surface area contributed by atoms with Crippen LogP contribution >= 0.6 is 0 Å². The summed E-state index contributed by atoms with van der Waals surface area (Å²) in [5, 5.41) is 0. The lowest BCUT2D eigenvalue weighted by molar-refractivity contribution is -0.114. The van der Waals surface area contributed by atoms with Crippen LogP contribution in [0.5, 0.6) is 5.75 Å². The summed E-state index contributed by atoms with van der Waals surface area (Å²) in [4.78, 5) is 15.8. The van der Waals surface area contributed by atoms with E-state index in [0.29, 0.717) is 13.0 Å². The smallest absolute Gasteiger partial charge is 0.159 e. The van der Waals surface area contributed by atoms with E-state index < -0.39 is 0 Å². The van der Waals surface area contributed by atoms with Gasteiger partial charge in [-0.15, -0.1) is 0 Å². The lowest BCUT2D eigenvalue weighted by Crippen LogP contribution is -2.00. The molecule has 0 unspecified atom stereocenters. The second-order valence-electron chi connectivity index (χ2n) is 6.03. The molecule has 0 fully saturated rings. The number of hydrogen-bond acceptors (Lipinski definition) is 3. The van der Waals surface area contributed by atoms with Gasteiger partial charge in [0.2, 0.25) is 0 Å². The van der Waals surface area contributed by atoms with E-state index >= 15 is 0 Å². The Morgan fingerprint density at radius 1 is 1.04 bits per heavy atom. The maximum absolute atomic E-state index is 11.7. The summed E-state index contributed by atoms with van der Waals surface area (Å²) in [6.45, 7) is 4.04. The van der Waals surface area contributed by atoms with Crippen molar-refractivity contribution in [3.8, 4) is 16.9 Å². The van der Waals surface area contributed by atoms with Gasteiger partial charge in [0.15, 0.2) is 5.78 Å². The molecule has 1 aromatic heterocycles. The van der Waals surface area contributed by atoms with Crippen molar-refractivity contribution in [1.29, 1.82) is 0 Å². The zero-order valence-electron chi connectivity index (χ0n) is 15.0. The molecular weight excluding hydrogens is 334 g/mol. The van der Waals surface area contributed by atoms with Crippen molar-refractivity contribution in [2.75, 3.05) is 6.61 Å². The molecule has 3 aromatic rings. The zero-order chi connectivity index (χ0) is 18.9. The molecule has 0 radical (unpaired) electrons. The van der Waals surface area contributed by atoms with Crippen LogP contribution in [0.3, 0.4) is 0 Å². The Bertz CT molecular complexity index is 928. The van der Waals surface area contributed by atoms with E-state index in [1.54, 1.807) is 12.4 Å². The molecule has 2 aromatic carbocycles. The number of hydrogen-bond donors (Lipinski definition) is 0. The van der Waals surface area contributed by atoms with Gasteiger partial charge < -0.3 is 4.74 Å². The fourth-order valence-electron chi connectivity index (χ4n) is 2.73. The number of carbonyl (C=O) groups excluding carboxylic acids is 1. The molecule has 0 N–H and O–H groups in total. The Labute approximate surface area is 159 Å². The first-order valence-corrected chi connectivity index (χ1v) is 8.79. The lowest BCUT2D eigenvalue weighted by atomic mass is 9.98. The number of ether oxygens (including phenoxy) is 1. The summed E-state index contributed by atoms with van der Waals surface area (Å²) in [5.41, 5.74) is 4.06. The molecule has 3 heteroatoms. The van der Waals surface area contributed by atoms with Gasteiger partial charge in [0.05, 0.1) is 0 Å². The molecule has 0 spiro atoms. The van der Waals surface area contributed by atoms with Crippen LogP contribution in [0.4, 0.5) is 0 Å². The summed E-state index contributed by atoms with van der Waals surface area (Å²) in [6.07, 6.45) is 9.14. The van der Waals surface area contributed by atoms with Crippen molar-refractivity contribution in [2.24, 2.45) is 0 Å². The van der Waals surface area contributed by atoms with Crippen LogP contribution in [-0.2, 0) is 11.2 Å². The second-order valence-corrected chi connectivity index (χ2v) is 6.03. The van der Waals surface area contributed by atoms with Crippen LogP contribution < -0.4 is 4.74 Å². The van der Waals surface area contributed by atoms with E-state index in [4.69, 9.17) is 4.74 Å². The molecule has 134 valence electrons. The third-order valence-corrected chi connectivity index (χ3v) is 4.12. The monoisotopic (exact) mass is 355 g/mol. The molecule has 3 rings (SSSR count). The average molecular weight is 355 g/mol. The first-order valence-electron chi connectivity index (χ1n) is 8.79. The Morgan fingerprint density at radius 3 is 2.56 bits per heavy atom. The van der Waals surface area contributed by atoms with Crippen molar-refractivity contribution in [3.63, 3.8) is 0 Å². The molecule has 27 heavy (non-hydrogen) atoms. The number of allylic oxidation sites excluding steroid dienone is 1. The van der Waals surface area contributed by atoms with Crippen molar-refractivity contribution >= 4 is 11.9 Å². The van der Waals surface area contributed by atoms with Crippen LogP contribution in [0.15, 0.2) is 91.8 Å². The number of carbonyl (C=O) groups is 1. The molecular formula is C24H21NO2. The van der Waals surface area contributed by atoms with Crippen molar-refractivity contribution in [3.05, 3.63) is 103 Å². The number of rotatable bonds is 8. The van der Waals surface area contributed by atoms with E-state index in [-0.39, 0.29) is 5.78 Å².